The molecule has 0 bridgehead atoms. The molecule has 0 saturated carbocycles. The summed E-state index contributed by atoms with van der Waals surface area (Å²) < 4.78 is 0. The molecule has 3 heteroatoms. The van der Waals surface area contributed by atoms with Crippen LogP contribution in [-0.2, 0) is 37.9 Å². The first-order valence-corrected chi connectivity index (χ1v) is 29.1. The van der Waals surface area contributed by atoms with Crippen molar-refractivity contribution in [2.45, 2.75) is 175 Å². The summed E-state index contributed by atoms with van der Waals surface area (Å²) in [6.45, 7) is 42.8. The van der Waals surface area contributed by atoms with Crippen molar-refractivity contribution >= 4 is 57.2 Å². The van der Waals surface area contributed by atoms with E-state index in [9.17, 15) is 0 Å². The molecule has 0 aromatic heterocycles. The zero-order valence-electron chi connectivity index (χ0n) is 50.5. The van der Waals surface area contributed by atoms with E-state index in [1.807, 2.05) is 0 Å². The maximum atomic E-state index is 2.72. The number of hydrogen-bond donors (Lipinski definition) is 0. The monoisotopic (exact) mass is 1020 g/mol. The highest BCUT2D eigenvalue weighted by Gasteiger charge is 2.48. The lowest BCUT2D eigenvalue weighted by molar-refractivity contribution is 0.332. The maximum absolute atomic E-state index is 2.72. The molecule has 0 atom stereocenters. The summed E-state index contributed by atoms with van der Waals surface area (Å²) in [5, 5.41) is 0. The van der Waals surface area contributed by atoms with Gasteiger partial charge in [-0.1, -0.05) is 240 Å². The molecule has 0 saturated heterocycles. The third-order valence-electron chi connectivity index (χ3n) is 18.5. The number of hydrogen-bond acceptors (Lipinski definition) is 2. The van der Waals surface area contributed by atoms with Crippen molar-refractivity contribution in [3.8, 4) is 22.3 Å². The van der Waals surface area contributed by atoms with Crippen LogP contribution in [0.1, 0.15) is 182 Å². The van der Waals surface area contributed by atoms with E-state index in [1.165, 1.54) is 117 Å². The molecule has 0 amide bonds. The smallest absolute Gasteiger partial charge is 0.252 e. The second-order valence-corrected chi connectivity index (χ2v) is 29.5. The van der Waals surface area contributed by atoms with Gasteiger partial charge in [0.1, 0.15) is 0 Å². The highest BCUT2D eigenvalue weighted by atomic mass is 15.2. The molecule has 2 nitrogen and oxygen atoms in total. The van der Waals surface area contributed by atoms with E-state index in [1.54, 1.807) is 0 Å². The van der Waals surface area contributed by atoms with Crippen LogP contribution in [0, 0.1) is 0 Å². The van der Waals surface area contributed by atoms with Crippen LogP contribution in [0.3, 0.4) is 0 Å². The van der Waals surface area contributed by atoms with Gasteiger partial charge in [-0.05, 0) is 171 Å². The van der Waals surface area contributed by atoms with Crippen molar-refractivity contribution in [3.05, 3.63) is 208 Å². The molecule has 0 spiro atoms. The molecular formula is C75H85BN2. The van der Waals surface area contributed by atoms with Gasteiger partial charge in [0.05, 0.1) is 5.69 Å². The molecule has 0 radical (unpaired) electrons. The average Bonchev–Trinajstić information content (AvgIpc) is 3.56. The molecule has 8 aromatic rings. The summed E-state index contributed by atoms with van der Waals surface area (Å²) in [4.78, 5) is 5.35. The Morgan fingerprint density at radius 2 is 0.795 bits per heavy atom. The quantitative estimate of drug-likeness (QED) is 0.153. The van der Waals surface area contributed by atoms with Crippen LogP contribution in [-0.4, -0.2) is 6.71 Å². The molecule has 8 aromatic carbocycles. The van der Waals surface area contributed by atoms with E-state index in [0.29, 0.717) is 0 Å². The fraction of sp³-hybridized carbons (Fsp3) is 0.360. The van der Waals surface area contributed by atoms with Gasteiger partial charge in [-0.15, -0.1) is 0 Å². The molecule has 1 aliphatic carbocycles. The van der Waals surface area contributed by atoms with E-state index in [0.717, 1.165) is 12.8 Å². The van der Waals surface area contributed by atoms with Crippen LogP contribution in [0.4, 0.5) is 34.1 Å². The number of benzene rings is 8. The molecule has 0 fully saturated rings. The fourth-order valence-corrected chi connectivity index (χ4v) is 13.0. The largest absolute Gasteiger partial charge is 0.311 e. The summed E-state index contributed by atoms with van der Waals surface area (Å²) in [6, 6.07) is 64.6. The number of nitrogens with zero attached hydrogens (tertiary/aromatic N) is 2. The maximum Gasteiger partial charge on any atom is 0.252 e. The molecule has 2 aliphatic heterocycles. The Balaban J connectivity index is 1.24. The predicted octanol–water partition coefficient (Wildman–Crippen LogP) is 19.0. The molecule has 0 N–H and O–H groups in total. The Morgan fingerprint density at radius 3 is 1.35 bits per heavy atom. The van der Waals surface area contributed by atoms with Crippen molar-refractivity contribution in [2.24, 2.45) is 0 Å². The van der Waals surface area contributed by atoms with Gasteiger partial charge in [-0.3, -0.25) is 0 Å². The molecule has 2 heterocycles. The highest BCUT2D eigenvalue weighted by Crippen LogP contribution is 2.53. The van der Waals surface area contributed by atoms with Crippen LogP contribution < -0.4 is 26.2 Å². The second-order valence-electron chi connectivity index (χ2n) is 29.5. The van der Waals surface area contributed by atoms with Crippen molar-refractivity contribution in [1.29, 1.82) is 0 Å². The molecule has 78 heavy (non-hydrogen) atoms. The van der Waals surface area contributed by atoms with Crippen molar-refractivity contribution in [3.63, 3.8) is 0 Å². The topological polar surface area (TPSA) is 6.48 Å². The fourth-order valence-electron chi connectivity index (χ4n) is 13.0. The third kappa shape index (κ3) is 9.16. The van der Waals surface area contributed by atoms with Crippen molar-refractivity contribution in [1.82, 2.24) is 0 Å². The molecular weight excluding hydrogens is 940 g/mol. The SMILES string of the molecule is CC(C)(C)c1ccc(-c2ccc(-c3cc(C(C)(C)C)ccc3N3c4cc5c(cc4B4c6cc(C(C)(C)c7ccccc7)ccc6N(c6ccc(C(C)(C)C)cc6)c6cc(C(C)(C)C)cc3c64)C(C)(C)CCC5(C)C)cc2)cc1. The Hall–Kier alpha value is -6.58. The summed E-state index contributed by atoms with van der Waals surface area (Å²) >= 11 is 0. The van der Waals surface area contributed by atoms with Crippen LogP contribution in [0.5, 0.6) is 0 Å². The van der Waals surface area contributed by atoms with Crippen LogP contribution in [0.25, 0.3) is 22.3 Å². The second kappa shape index (κ2) is 18.2. The number of anilines is 6. The van der Waals surface area contributed by atoms with Gasteiger partial charge in [0.25, 0.3) is 6.71 Å². The molecule has 3 aliphatic rings. The van der Waals surface area contributed by atoms with E-state index in [-0.39, 0.29) is 44.6 Å². The van der Waals surface area contributed by atoms with Gasteiger partial charge in [-0.25, -0.2) is 0 Å². The lowest BCUT2D eigenvalue weighted by atomic mass is 9.32. The Labute approximate surface area is 470 Å². The summed E-state index contributed by atoms with van der Waals surface area (Å²) in [5.74, 6) is 0. The van der Waals surface area contributed by atoms with Gasteiger partial charge in [0, 0.05) is 39.4 Å². The average molecular weight is 1030 g/mol. The van der Waals surface area contributed by atoms with Gasteiger partial charge in [0.15, 0.2) is 0 Å². The van der Waals surface area contributed by atoms with Gasteiger partial charge < -0.3 is 9.80 Å². The van der Waals surface area contributed by atoms with E-state index < -0.39 is 0 Å². The standard InChI is InChI=1S/C75H85BN2/c1-69(2,3)51-30-28-49(29-31-51)48-24-26-50(27-25-48)58-42-54(71(7,8)9)34-38-63(58)78-65-47-60-59(73(13,14)40-41-74(60,15)16)46-62(65)76-61-43-55(75(17,18)53-22-20-19-21-23-53)35-39-64(61)77(57-36-32-52(33-37-57)70(4,5)6)66-44-56(72(10,11)12)45-67(78)68(66)76/h19-39,42-47H,40-41H2,1-18H3. The zero-order chi connectivity index (χ0) is 55.9. The zero-order valence-corrected chi connectivity index (χ0v) is 50.5. The van der Waals surface area contributed by atoms with Crippen molar-refractivity contribution in [2.75, 3.05) is 9.80 Å². The Morgan fingerprint density at radius 1 is 0.346 bits per heavy atom. The molecule has 398 valence electrons. The van der Waals surface area contributed by atoms with Crippen LogP contribution in [0.2, 0.25) is 0 Å². The first kappa shape index (κ1) is 53.4. The minimum Gasteiger partial charge on any atom is -0.311 e. The Bertz CT molecular complexity index is 3600. The minimum atomic E-state index is -0.241. The Kier molecular flexibility index (Phi) is 12.5. The summed E-state index contributed by atoms with van der Waals surface area (Å²) in [7, 11) is 0. The normalized spacial score (nSPS) is 15.8. The van der Waals surface area contributed by atoms with Crippen LogP contribution >= 0.6 is 0 Å². The first-order chi connectivity index (χ1) is 36.4. The van der Waals surface area contributed by atoms with E-state index >= 15 is 0 Å². The molecule has 11 rings (SSSR count). The van der Waals surface area contributed by atoms with E-state index in [2.05, 4.69) is 298 Å². The highest BCUT2D eigenvalue weighted by molar-refractivity contribution is 7.00. The predicted molar refractivity (Wildman–Crippen MR) is 340 cm³/mol. The summed E-state index contributed by atoms with van der Waals surface area (Å²) in [5.41, 5.74) is 27.1. The molecule has 0 unspecified atom stereocenters. The lowest BCUT2D eigenvalue weighted by Crippen LogP contribution is -2.62. The van der Waals surface area contributed by atoms with Gasteiger partial charge >= 0.3 is 0 Å². The lowest BCUT2D eigenvalue weighted by Gasteiger charge is -2.48. The number of rotatable bonds is 6. The van der Waals surface area contributed by atoms with Crippen LogP contribution in [0.15, 0.2) is 164 Å². The minimum absolute atomic E-state index is 0.00253. The third-order valence-corrected chi connectivity index (χ3v) is 18.5. The van der Waals surface area contributed by atoms with E-state index in [4.69, 9.17) is 0 Å². The number of fused-ring (bicyclic) bond motifs is 5. The van der Waals surface area contributed by atoms with Crippen molar-refractivity contribution < 1.29 is 0 Å². The van der Waals surface area contributed by atoms with Gasteiger partial charge in [-0.2, -0.15) is 0 Å². The summed E-state index contributed by atoms with van der Waals surface area (Å²) in [6.07, 6.45) is 2.29. The van der Waals surface area contributed by atoms with Gasteiger partial charge in [0.2, 0.25) is 0 Å². The first-order valence-electron chi connectivity index (χ1n) is 29.1.